The van der Waals surface area contributed by atoms with Gasteiger partial charge in [-0.2, -0.15) is 5.10 Å². The zero-order valence-corrected chi connectivity index (χ0v) is 12.6. The summed E-state index contributed by atoms with van der Waals surface area (Å²) in [5.41, 5.74) is 1.02. The van der Waals surface area contributed by atoms with E-state index in [1.54, 1.807) is 38.6 Å². The molecule has 0 saturated carbocycles. The lowest BCUT2D eigenvalue weighted by Crippen LogP contribution is -2.10. The number of halogens is 1. The van der Waals surface area contributed by atoms with Crippen LogP contribution in [0.3, 0.4) is 0 Å². The number of phenols is 1. The summed E-state index contributed by atoms with van der Waals surface area (Å²) in [4.78, 5) is 7.98. The van der Waals surface area contributed by atoms with E-state index in [4.69, 9.17) is 0 Å². The van der Waals surface area contributed by atoms with Crippen molar-refractivity contribution in [3.8, 4) is 5.75 Å². The van der Waals surface area contributed by atoms with Gasteiger partial charge in [0.15, 0.2) is 17.4 Å². The minimum Gasteiger partial charge on any atom is -0.504 e. The zero-order valence-electron chi connectivity index (χ0n) is 12.6. The van der Waals surface area contributed by atoms with Crippen LogP contribution < -0.4 is 5.01 Å². The Labute approximate surface area is 123 Å². The molecule has 0 amide bonds. The van der Waals surface area contributed by atoms with Gasteiger partial charge in [-0.1, -0.05) is 13.8 Å². The number of aromatic nitrogens is 2. The van der Waals surface area contributed by atoms with Gasteiger partial charge >= 0.3 is 0 Å². The number of benzene rings is 1. The molecule has 0 bridgehead atoms. The summed E-state index contributed by atoms with van der Waals surface area (Å²) in [6.07, 6.45) is 6.03. The van der Waals surface area contributed by atoms with Crippen molar-refractivity contribution in [1.82, 2.24) is 9.97 Å². The molecule has 6 heteroatoms. The number of hydrogen-bond acceptors (Lipinski definition) is 5. The highest BCUT2D eigenvalue weighted by Crippen LogP contribution is 2.21. The van der Waals surface area contributed by atoms with Gasteiger partial charge in [0, 0.05) is 25.0 Å². The van der Waals surface area contributed by atoms with Crippen LogP contribution in [0.2, 0.25) is 0 Å². The number of aryl methyl sites for hydroxylation is 1. The van der Waals surface area contributed by atoms with Crippen molar-refractivity contribution in [1.29, 1.82) is 0 Å². The zero-order chi connectivity index (χ0) is 15.8. The molecule has 0 fully saturated rings. The van der Waals surface area contributed by atoms with Gasteiger partial charge in [-0.25, -0.2) is 14.4 Å². The summed E-state index contributed by atoms with van der Waals surface area (Å²) in [5.74, 6) is -0.531. The van der Waals surface area contributed by atoms with Gasteiger partial charge in [-0.3, -0.25) is 4.98 Å². The monoisotopic (exact) mass is 290 g/mol. The van der Waals surface area contributed by atoms with E-state index in [-0.39, 0.29) is 0 Å². The van der Waals surface area contributed by atoms with E-state index in [9.17, 15) is 9.50 Å². The summed E-state index contributed by atoms with van der Waals surface area (Å²) in [6.45, 7) is 5.74. The van der Waals surface area contributed by atoms with Crippen LogP contribution in [-0.2, 0) is 0 Å². The molecule has 0 aliphatic carbocycles. The van der Waals surface area contributed by atoms with E-state index in [2.05, 4.69) is 15.1 Å². The second-order valence-electron chi connectivity index (χ2n) is 4.02. The number of hydrazone groups is 1. The molecule has 0 aliphatic heterocycles. The first-order valence-electron chi connectivity index (χ1n) is 6.61. The molecule has 1 N–H and O–H groups in total. The third-order valence-corrected chi connectivity index (χ3v) is 2.49. The Balaban J connectivity index is 0.00000106. The average molecular weight is 290 g/mol. The fraction of sp³-hybridized carbons (Fsp3) is 0.267. The van der Waals surface area contributed by atoms with Gasteiger partial charge < -0.3 is 5.11 Å². The van der Waals surface area contributed by atoms with Gasteiger partial charge in [-0.05, 0) is 24.6 Å². The molecule has 0 saturated heterocycles. The molecule has 2 rings (SSSR count). The molecule has 1 aromatic heterocycles. The number of hydrogen-bond donors (Lipinski definition) is 1. The lowest BCUT2D eigenvalue weighted by molar-refractivity contribution is 0.431. The van der Waals surface area contributed by atoms with Gasteiger partial charge in [0.05, 0.1) is 12.4 Å². The SMILES string of the molecule is CC.Cc1cc(F)c(O)c(/C=N/N(C)c2cnccn2)c1. The standard InChI is InChI=1S/C13H13FN4O.C2H6/c1-9-5-10(13(19)11(14)6-9)7-17-18(2)12-8-15-3-4-16-12;1-2/h3-8,19H,1-2H3;1-2H3/b17-7+;. The summed E-state index contributed by atoms with van der Waals surface area (Å²) >= 11 is 0. The van der Waals surface area contributed by atoms with Crippen LogP contribution in [0.5, 0.6) is 5.75 Å². The van der Waals surface area contributed by atoms with Crippen LogP contribution in [-0.4, -0.2) is 28.3 Å². The number of nitrogens with zero attached hydrogens (tertiary/aromatic N) is 4. The molecule has 0 atom stereocenters. The maximum absolute atomic E-state index is 13.3. The number of phenolic OH excluding ortho intramolecular Hbond substituents is 1. The molecular formula is C15H19FN4O. The summed E-state index contributed by atoms with van der Waals surface area (Å²) < 4.78 is 13.3. The van der Waals surface area contributed by atoms with E-state index in [1.807, 2.05) is 13.8 Å². The van der Waals surface area contributed by atoms with Crippen LogP contribution in [0.1, 0.15) is 25.0 Å². The predicted molar refractivity (Wildman–Crippen MR) is 82.2 cm³/mol. The molecule has 21 heavy (non-hydrogen) atoms. The summed E-state index contributed by atoms with van der Waals surface area (Å²) in [7, 11) is 1.68. The summed E-state index contributed by atoms with van der Waals surface area (Å²) in [5, 5.41) is 15.2. The molecule has 0 radical (unpaired) electrons. The van der Waals surface area contributed by atoms with Gasteiger partial charge in [0.25, 0.3) is 0 Å². The molecule has 112 valence electrons. The first-order chi connectivity index (χ1) is 10.1. The van der Waals surface area contributed by atoms with E-state index >= 15 is 0 Å². The Morgan fingerprint density at radius 2 is 2.00 bits per heavy atom. The topological polar surface area (TPSA) is 61.6 Å². The van der Waals surface area contributed by atoms with Crippen LogP contribution in [0.25, 0.3) is 0 Å². The number of anilines is 1. The van der Waals surface area contributed by atoms with Crippen LogP contribution in [0, 0.1) is 12.7 Å². The lowest BCUT2D eigenvalue weighted by atomic mass is 10.1. The lowest BCUT2D eigenvalue weighted by Gasteiger charge is -2.10. The molecular weight excluding hydrogens is 271 g/mol. The van der Waals surface area contributed by atoms with Crippen molar-refractivity contribution in [2.75, 3.05) is 12.1 Å². The largest absolute Gasteiger partial charge is 0.504 e. The van der Waals surface area contributed by atoms with Gasteiger partial charge in [-0.15, -0.1) is 0 Å². The quantitative estimate of drug-likeness (QED) is 0.697. The number of rotatable bonds is 3. The third kappa shape index (κ3) is 4.52. The smallest absolute Gasteiger partial charge is 0.167 e. The molecule has 1 heterocycles. The van der Waals surface area contributed by atoms with Crippen molar-refractivity contribution in [2.45, 2.75) is 20.8 Å². The fourth-order valence-electron chi connectivity index (χ4n) is 1.53. The Kier molecular flexibility index (Phi) is 6.26. The second kappa shape index (κ2) is 7.94. The van der Waals surface area contributed by atoms with Crippen molar-refractivity contribution >= 4 is 12.0 Å². The van der Waals surface area contributed by atoms with Crippen LogP contribution >= 0.6 is 0 Å². The van der Waals surface area contributed by atoms with E-state index in [0.717, 1.165) is 0 Å². The maximum atomic E-state index is 13.3. The van der Waals surface area contributed by atoms with Crippen molar-refractivity contribution in [3.05, 3.63) is 47.7 Å². The van der Waals surface area contributed by atoms with E-state index < -0.39 is 11.6 Å². The Bertz CT molecular complexity index is 602. The highest BCUT2D eigenvalue weighted by atomic mass is 19.1. The van der Waals surface area contributed by atoms with E-state index in [0.29, 0.717) is 16.9 Å². The van der Waals surface area contributed by atoms with Crippen molar-refractivity contribution in [3.63, 3.8) is 0 Å². The Morgan fingerprint density at radius 3 is 2.62 bits per heavy atom. The Hall–Kier alpha value is -2.50. The summed E-state index contributed by atoms with van der Waals surface area (Å²) in [6, 6.07) is 2.91. The maximum Gasteiger partial charge on any atom is 0.167 e. The highest BCUT2D eigenvalue weighted by Gasteiger charge is 2.07. The minimum atomic E-state index is -0.663. The molecule has 2 aromatic rings. The number of aromatic hydroxyl groups is 1. The van der Waals surface area contributed by atoms with Crippen LogP contribution in [0.15, 0.2) is 35.8 Å². The normalized spacial score (nSPS) is 10.1. The molecule has 0 unspecified atom stereocenters. The average Bonchev–Trinajstić information content (AvgIpc) is 2.52. The molecule has 1 aromatic carbocycles. The van der Waals surface area contributed by atoms with Crippen molar-refractivity contribution in [2.24, 2.45) is 5.10 Å². The first kappa shape index (κ1) is 16.6. The predicted octanol–water partition coefficient (Wildman–Crippen LogP) is 3.13. The van der Waals surface area contributed by atoms with Crippen molar-refractivity contribution < 1.29 is 9.50 Å². The molecule has 0 aliphatic rings. The molecule has 5 nitrogen and oxygen atoms in total. The van der Waals surface area contributed by atoms with Gasteiger partial charge in [0.1, 0.15) is 0 Å². The highest BCUT2D eigenvalue weighted by molar-refractivity contribution is 5.84. The molecule has 0 spiro atoms. The second-order valence-corrected chi connectivity index (χ2v) is 4.02. The van der Waals surface area contributed by atoms with Gasteiger partial charge in [0.2, 0.25) is 0 Å². The van der Waals surface area contributed by atoms with Crippen LogP contribution in [0.4, 0.5) is 10.2 Å². The first-order valence-corrected chi connectivity index (χ1v) is 6.61. The van der Waals surface area contributed by atoms with E-state index in [1.165, 1.54) is 17.3 Å². The Morgan fingerprint density at radius 1 is 1.29 bits per heavy atom. The minimum absolute atomic E-state index is 0.313. The fourth-order valence-corrected chi connectivity index (χ4v) is 1.53. The third-order valence-electron chi connectivity index (χ3n) is 2.49.